The second kappa shape index (κ2) is 7.97. The van der Waals surface area contributed by atoms with Gasteiger partial charge in [0.15, 0.2) is 0 Å². The molecule has 0 amide bonds. The third-order valence-corrected chi connectivity index (χ3v) is 10.1. The molecule has 0 radical (unpaired) electrons. The largest absolute Gasteiger partial charge is 0.393 e. The molecule has 0 aromatic rings. The summed E-state index contributed by atoms with van der Waals surface area (Å²) in [5.41, 5.74) is 3.95. The van der Waals surface area contributed by atoms with Crippen LogP contribution in [0.2, 0.25) is 0 Å². The molecular weight excluding hydrogens is 356 g/mol. The molecule has 2 saturated carbocycles. The van der Waals surface area contributed by atoms with Crippen LogP contribution in [0.15, 0.2) is 11.1 Å². The zero-order valence-corrected chi connectivity index (χ0v) is 19.7. The second-order valence-corrected chi connectivity index (χ2v) is 12.3. The summed E-state index contributed by atoms with van der Waals surface area (Å²) < 4.78 is 0. The zero-order valence-electron chi connectivity index (χ0n) is 19.7. The summed E-state index contributed by atoms with van der Waals surface area (Å²) in [6.45, 7) is 12.2. The van der Waals surface area contributed by atoms with Gasteiger partial charge in [-0.3, -0.25) is 0 Å². The SMILES string of the molecule is CC(C)CCC[C@@H](C)[C@H]1C[C@@H](O)[C@@H]2C3=C(CC[C@]12C)[C@@]1(C)CC[C@H](O)C[C@@H]1CC3. The Bertz CT molecular complexity index is 636. The smallest absolute Gasteiger partial charge is 0.0613 e. The molecule has 0 unspecified atom stereocenters. The molecule has 0 heterocycles. The van der Waals surface area contributed by atoms with Crippen LogP contribution in [0.5, 0.6) is 0 Å². The minimum absolute atomic E-state index is 0.0859. The lowest BCUT2D eigenvalue weighted by molar-refractivity contribution is 0.00658. The Morgan fingerprint density at radius 3 is 2.45 bits per heavy atom. The maximum absolute atomic E-state index is 11.3. The molecule has 0 spiro atoms. The fourth-order valence-electron chi connectivity index (χ4n) is 8.48. The summed E-state index contributed by atoms with van der Waals surface area (Å²) in [5, 5.41) is 21.5. The average molecular weight is 403 g/mol. The van der Waals surface area contributed by atoms with Gasteiger partial charge >= 0.3 is 0 Å². The molecule has 29 heavy (non-hydrogen) atoms. The third-order valence-electron chi connectivity index (χ3n) is 10.1. The summed E-state index contributed by atoms with van der Waals surface area (Å²) in [5.74, 6) is 3.24. The summed E-state index contributed by atoms with van der Waals surface area (Å²) in [6, 6.07) is 0. The van der Waals surface area contributed by atoms with Crippen molar-refractivity contribution in [3.8, 4) is 0 Å². The maximum Gasteiger partial charge on any atom is 0.0613 e. The first-order valence-corrected chi connectivity index (χ1v) is 12.8. The van der Waals surface area contributed by atoms with Gasteiger partial charge in [0.1, 0.15) is 0 Å². The van der Waals surface area contributed by atoms with E-state index in [1.54, 1.807) is 11.1 Å². The van der Waals surface area contributed by atoms with E-state index in [1.165, 1.54) is 44.9 Å². The molecule has 0 aliphatic heterocycles. The van der Waals surface area contributed by atoms with Gasteiger partial charge in [-0.1, -0.05) is 65.0 Å². The molecule has 4 aliphatic rings. The normalized spacial score (nSPS) is 45.7. The van der Waals surface area contributed by atoms with Crippen molar-refractivity contribution in [3.63, 3.8) is 0 Å². The Hall–Kier alpha value is -0.340. The van der Waals surface area contributed by atoms with Crippen LogP contribution in [-0.4, -0.2) is 22.4 Å². The second-order valence-electron chi connectivity index (χ2n) is 12.3. The van der Waals surface area contributed by atoms with Crippen molar-refractivity contribution in [2.75, 3.05) is 0 Å². The molecule has 0 bridgehead atoms. The Kier molecular flexibility index (Phi) is 6.01. The highest BCUT2D eigenvalue weighted by atomic mass is 16.3. The van der Waals surface area contributed by atoms with E-state index in [4.69, 9.17) is 0 Å². The Morgan fingerprint density at radius 2 is 1.72 bits per heavy atom. The van der Waals surface area contributed by atoms with Gasteiger partial charge < -0.3 is 10.2 Å². The van der Waals surface area contributed by atoms with Crippen LogP contribution in [-0.2, 0) is 0 Å². The molecular formula is C27H46O2. The van der Waals surface area contributed by atoms with Gasteiger partial charge in [-0.25, -0.2) is 0 Å². The quantitative estimate of drug-likeness (QED) is 0.515. The van der Waals surface area contributed by atoms with E-state index in [2.05, 4.69) is 34.6 Å². The van der Waals surface area contributed by atoms with Crippen molar-refractivity contribution in [3.05, 3.63) is 11.1 Å². The summed E-state index contributed by atoms with van der Waals surface area (Å²) in [7, 11) is 0. The third kappa shape index (κ3) is 3.65. The molecule has 2 nitrogen and oxygen atoms in total. The van der Waals surface area contributed by atoms with E-state index in [0.29, 0.717) is 17.8 Å². The molecule has 4 aliphatic carbocycles. The highest BCUT2D eigenvalue weighted by Gasteiger charge is 2.58. The lowest BCUT2D eigenvalue weighted by Gasteiger charge is -2.55. The fraction of sp³-hybridized carbons (Fsp3) is 0.926. The lowest BCUT2D eigenvalue weighted by Crippen LogP contribution is -2.46. The topological polar surface area (TPSA) is 40.5 Å². The monoisotopic (exact) mass is 402 g/mol. The first kappa shape index (κ1) is 21.9. The maximum atomic E-state index is 11.3. The van der Waals surface area contributed by atoms with E-state index in [0.717, 1.165) is 37.5 Å². The molecule has 2 heteroatoms. The summed E-state index contributed by atoms with van der Waals surface area (Å²) in [4.78, 5) is 0. The van der Waals surface area contributed by atoms with Crippen LogP contribution >= 0.6 is 0 Å². The van der Waals surface area contributed by atoms with E-state index < -0.39 is 0 Å². The Morgan fingerprint density at radius 1 is 0.966 bits per heavy atom. The average Bonchev–Trinajstić information content (AvgIpc) is 2.93. The van der Waals surface area contributed by atoms with Crippen molar-refractivity contribution in [1.82, 2.24) is 0 Å². The van der Waals surface area contributed by atoms with Crippen LogP contribution in [0, 0.1) is 40.4 Å². The minimum Gasteiger partial charge on any atom is -0.393 e. The van der Waals surface area contributed by atoms with Crippen LogP contribution < -0.4 is 0 Å². The van der Waals surface area contributed by atoms with Gasteiger partial charge in [0.25, 0.3) is 0 Å². The Balaban J connectivity index is 1.57. The number of hydrogen-bond acceptors (Lipinski definition) is 2. The standard InChI is InChI=1S/C27H46O2/c1-17(2)7-6-8-18(3)23-16-24(29)25-21-10-9-19-15-20(28)11-13-26(19,4)22(21)12-14-27(23,25)5/h17-20,23-25,28-29H,6-16H2,1-5H3/t18-,19+,20+,23-,24-,25+,26+,27-/m1/s1. The number of allylic oxidation sites excluding steroid dienone is 1. The highest BCUT2D eigenvalue weighted by Crippen LogP contribution is 2.66. The number of rotatable bonds is 5. The highest BCUT2D eigenvalue weighted by molar-refractivity contribution is 5.35. The van der Waals surface area contributed by atoms with Crippen molar-refractivity contribution >= 4 is 0 Å². The zero-order chi connectivity index (χ0) is 21.0. The predicted molar refractivity (Wildman–Crippen MR) is 121 cm³/mol. The molecule has 0 saturated heterocycles. The Labute approximate surface area is 179 Å². The lowest BCUT2D eigenvalue weighted by atomic mass is 9.50. The van der Waals surface area contributed by atoms with Crippen molar-refractivity contribution in [2.24, 2.45) is 40.4 Å². The number of aliphatic hydroxyl groups excluding tert-OH is 2. The van der Waals surface area contributed by atoms with Gasteiger partial charge in [-0.15, -0.1) is 0 Å². The number of hydrogen-bond donors (Lipinski definition) is 2. The van der Waals surface area contributed by atoms with Gasteiger partial charge in [0, 0.05) is 5.92 Å². The van der Waals surface area contributed by atoms with E-state index in [9.17, 15) is 10.2 Å². The van der Waals surface area contributed by atoms with Gasteiger partial charge in [0.05, 0.1) is 12.2 Å². The minimum atomic E-state index is -0.142. The van der Waals surface area contributed by atoms with E-state index >= 15 is 0 Å². The molecule has 2 fully saturated rings. The fourth-order valence-corrected chi connectivity index (χ4v) is 8.48. The van der Waals surface area contributed by atoms with Crippen LogP contribution in [0.4, 0.5) is 0 Å². The summed E-state index contributed by atoms with van der Waals surface area (Å²) in [6.07, 6.45) is 12.8. The molecule has 8 atom stereocenters. The molecule has 0 aromatic heterocycles. The van der Waals surface area contributed by atoms with Crippen molar-refractivity contribution in [1.29, 1.82) is 0 Å². The number of aliphatic hydroxyl groups is 2. The predicted octanol–water partition coefficient (Wildman–Crippen LogP) is 6.50. The van der Waals surface area contributed by atoms with Gasteiger partial charge in [-0.05, 0) is 85.9 Å². The molecule has 4 rings (SSSR count). The molecule has 2 N–H and O–H groups in total. The molecule has 166 valence electrons. The number of fused-ring (bicyclic) bond motifs is 4. The summed E-state index contributed by atoms with van der Waals surface area (Å²) >= 11 is 0. The first-order chi connectivity index (χ1) is 13.7. The van der Waals surface area contributed by atoms with Crippen molar-refractivity contribution in [2.45, 2.75) is 117 Å². The van der Waals surface area contributed by atoms with Crippen LogP contribution in [0.3, 0.4) is 0 Å². The molecule has 0 aromatic carbocycles. The van der Waals surface area contributed by atoms with Crippen LogP contribution in [0.25, 0.3) is 0 Å². The van der Waals surface area contributed by atoms with Gasteiger partial charge in [0.2, 0.25) is 0 Å². The van der Waals surface area contributed by atoms with Crippen LogP contribution in [0.1, 0.15) is 105 Å². The first-order valence-electron chi connectivity index (χ1n) is 12.8. The van der Waals surface area contributed by atoms with Crippen molar-refractivity contribution < 1.29 is 10.2 Å². The van der Waals surface area contributed by atoms with E-state index in [-0.39, 0.29) is 23.0 Å². The van der Waals surface area contributed by atoms with Gasteiger partial charge in [-0.2, -0.15) is 0 Å². The van der Waals surface area contributed by atoms with E-state index in [1.807, 2.05) is 0 Å².